The number of hydrogen-bond acceptors (Lipinski definition) is 7. The van der Waals surface area contributed by atoms with Gasteiger partial charge in [0.25, 0.3) is 0 Å². The minimum Gasteiger partial charge on any atom is -0.493 e. The van der Waals surface area contributed by atoms with E-state index in [9.17, 15) is 14.4 Å². The summed E-state index contributed by atoms with van der Waals surface area (Å²) in [4.78, 5) is 37.7. The van der Waals surface area contributed by atoms with Crippen molar-refractivity contribution >= 4 is 29.7 Å². The fourth-order valence-corrected chi connectivity index (χ4v) is 3.80. The van der Waals surface area contributed by atoms with Gasteiger partial charge in [-0.15, -0.1) is 0 Å². The lowest BCUT2D eigenvalue weighted by Crippen LogP contribution is -2.05. The normalized spacial score (nSPS) is 12.5. The third-order valence-corrected chi connectivity index (χ3v) is 5.51. The van der Waals surface area contributed by atoms with Crippen LogP contribution >= 0.6 is 0 Å². The average molecular weight is 485 g/mol. The van der Waals surface area contributed by atoms with Crippen molar-refractivity contribution in [1.82, 2.24) is 0 Å². The zero-order valence-corrected chi connectivity index (χ0v) is 20.1. The maximum Gasteiger partial charge on any atom is 0.336 e. The van der Waals surface area contributed by atoms with Gasteiger partial charge in [0.2, 0.25) is 0 Å². The number of fused-ring (bicyclic) bond motifs is 1. The summed E-state index contributed by atoms with van der Waals surface area (Å²) in [5.74, 6) is 0.409. The van der Waals surface area contributed by atoms with Crippen LogP contribution in [0, 0.1) is 0 Å². The van der Waals surface area contributed by atoms with Gasteiger partial charge in [-0.25, -0.2) is 4.79 Å². The van der Waals surface area contributed by atoms with Crippen LogP contribution in [0.3, 0.4) is 0 Å². The third-order valence-electron chi connectivity index (χ3n) is 5.51. The van der Waals surface area contributed by atoms with Gasteiger partial charge < -0.3 is 18.9 Å². The molecular weight excluding hydrogens is 460 g/mol. The summed E-state index contributed by atoms with van der Waals surface area (Å²) in [6.45, 7) is 2.39. The van der Waals surface area contributed by atoms with Crippen molar-refractivity contribution in [2.24, 2.45) is 0 Å². The predicted octanol–water partition coefficient (Wildman–Crippen LogP) is 5.18. The summed E-state index contributed by atoms with van der Waals surface area (Å²) in [6.07, 6.45) is 4.40. The lowest BCUT2D eigenvalue weighted by molar-refractivity contribution is -0.129. The Balaban J connectivity index is 1.50. The van der Waals surface area contributed by atoms with E-state index >= 15 is 0 Å². The first-order chi connectivity index (χ1) is 17.4. The third kappa shape index (κ3) is 5.05. The molecule has 0 N–H and O–H groups in total. The molecule has 0 atom stereocenters. The summed E-state index contributed by atoms with van der Waals surface area (Å²) in [6, 6.07) is 16.8. The molecule has 1 aliphatic rings. The van der Waals surface area contributed by atoms with Crippen LogP contribution in [0.25, 0.3) is 12.2 Å². The number of hydrogen-bond donors (Lipinski definition) is 0. The molecule has 0 saturated heterocycles. The second kappa shape index (κ2) is 10.7. The van der Waals surface area contributed by atoms with Gasteiger partial charge in [0, 0.05) is 17.2 Å². The quantitative estimate of drug-likeness (QED) is 0.188. The second-order valence-electron chi connectivity index (χ2n) is 7.77. The number of carbonyl (C=O) groups excluding carboxylic acids is 3. The van der Waals surface area contributed by atoms with E-state index in [1.165, 1.54) is 19.3 Å². The molecule has 0 fully saturated rings. The summed E-state index contributed by atoms with van der Waals surface area (Å²) in [5, 5.41) is 0. The molecule has 0 spiro atoms. The Morgan fingerprint density at radius 3 is 2.00 bits per heavy atom. The van der Waals surface area contributed by atoms with E-state index in [-0.39, 0.29) is 28.6 Å². The Labute approximate surface area is 208 Å². The lowest BCUT2D eigenvalue weighted by atomic mass is 10.1. The van der Waals surface area contributed by atoms with Gasteiger partial charge >= 0.3 is 5.97 Å². The predicted molar refractivity (Wildman–Crippen MR) is 135 cm³/mol. The molecule has 1 aliphatic carbocycles. The highest BCUT2D eigenvalue weighted by molar-refractivity contribution is 6.41. The Hall–Kier alpha value is -4.65. The molecule has 0 heterocycles. The number of ether oxygens (including phenoxy) is 4. The smallest absolute Gasteiger partial charge is 0.336 e. The Morgan fingerprint density at radius 1 is 0.778 bits per heavy atom. The van der Waals surface area contributed by atoms with E-state index in [0.29, 0.717) is 34.8 Å². The molecule has 0 unspecified atom stereocenters. The molecule has 7 heteroatoms. The van der Waals surface area contributed by atoms with Gasteiger partial charge in [0.05, 0.1) is 26.4 Å². The van der Waals surface area contributed by atoms with Crippen molar-refractivity contribution < 1.29 is 33.3 Å². The first-order valence-corrected chi connectivity index (χ1v) is 11.2. The zero-order valence-electron chi connectivity index (χ0n) is 20.1. The molecule has 3 aromatic rings. The van der Waals surface area contributed by atoms with Gasteiger partial charge in [-0.05, 0) is 54.5 Å². The molecule has 0 aliphatic heterocycles. The van der Waals surface area contributed by atoms with E-state index in [1.54, 1.807) is 73.8 Å². The maximum absolute atomic E-state index is 12.6. The number of methoxy groups -OCH3 is 2. The molecule has 36 heavy (non-hydrogen) atoms. The van der Waals surface area contributed by atoms with Crippen LogP contribution < -0.4 is 18.9 Å². The van der Waals surface area contributed by atoms with Crippen molar-refractivity contribution in [3.05, 3.63) is 94.6 Å². The van der Waals surface area contributed by atoms with Gasteiger partial charge in [-0.2, -0.15) is 0 Å². The average Bonchev–Trinajstić information content (AvgIpc) is 3.14. The SMILES string of the molecule is CCOc1ccc(/C=C/C(=O)Oc2ccc(C=C3C(=O)c4ccccc4C3=O)cc2OC)cc1OC. The van der Waals surface area contributed by atoms with E-state index in [2.05, 4.69) is 0 Å². The fraction of sp³-hybridized carbons (Fsp3) is 0.138. The number of benzene rings is 3. The molecule has 7 nitrogen and oxygen atoms in total. The van der Waals surface area contributed by atoms with E-state index in [1.807, 2.05) is 6.92 Å². The molecule has 182 valence electrons. The number of esters is 1. The number of Topliss-reactive ketones (excluding diaryl/α,β-unsaturated/α-hetero) is 2. The Morgan fingerprint density at radius 2 is 1.36 bits per heavy atom. The minimum atomic E-state index is -0.608. The summed E-state index contributed by atoms with van der Waals surface area (Å²) < 4.78 is 21.6. The van der Waals surface area contributed by atoms with Crippen LogP contribution in [-0.4, -0.2) is 38.4 Å². The Kier molecular flexibility index (Phi) is 7.30. The number of carbonyl (C=O) groups is 3. The van der Waals surface area contributed by atoms with Crippen LogP contribution in [0.15, 0.2) is 72.3 Å². The molecule has 4 rings (SSSR count). The highest BCUT2D eigenvalue weighted by Crippen LogP contribution is 2.32. The summed E-state index contributed by atoms with van der Waals surface area (Å²) in [7, 11) is 2.98. The topological polar surface area (TPSA) is 88.1 Å². The lowest BCUT2D eigenvalue weighted by Gasteiger charge is -2.10. The molecular formula is C29H24O7. The zero-order chi connectivity index (χ0) is 25.7. The van der Waals surface area contributed by atoms with Crippen LogP contribution in [0.2, 0.25) is 0 Å². The monoisotopic (exact) mass is 484 g/mol. The van der Waals surface area contributed by atoms with E-state index in [4.69, 9.17) is 18.9 Å². The summed E-state index contributed by atoms with van der Waals surface area (Å²) >= 11 is 0. The summed E-state index contributed by atoms with van der Waals surface area (Å²) in [5.41, 5.74) is 2.16. The van der Waals surface area contributed by atoms with Crippen LogP contribution in [0.1, 0.15) is 38.8 Å². The fourth-order valence-electron chi connectivity index (χ4n) is 3.80. The molecule has 0 saturated carbocycles. The van der Waals surface area contributed by atoms with Crippen molar-refractivity contribution in [2.45, 2.75) is 6.92 Å². The molecule has 0 amide bonds. The first kappa shape index (κ1) is 24.5. The second-order valence-corrected chi connectivity index (χ2v) is 7.77. The van der Waals surface area contributed by atoms with Gasteiger partial charge in [0.1, 0.15) is 0 Å². The molecule has 0 aromatic heterocycles. The van der Waals surface area contributed by atoms with Crippen molar-refractivity contribution in [1.29, 1.82) is 0 Å². The highest BCUT2D eigenvalue weighted by Gasteiger charge is 2.32. The molecule has 3 aromatic carbocycles. The standard InChI is InChI=1S/C29H24O7/c1-4-35-23-12-9-18(16-25(23)33-2)11-14-27(30)36-24-13-10-19(17-26(24)34-3)15-22-28(31)20-7-5-6-8-21(20)29(22)32/h5-17H,4H2,1-3H3/b14-11+. The van der Waals surface area contributed by atoms with Crippen LogP contribution in [-0.2, 0) is 4.79 Å². The van der Waals surface area contributed by atoms with E-state index in [0.717, 1.165) is 5.56 Å². The van der Waals surface area contributed by atoms with Gasteiger partial charge in [-0.1, -0.05) is 36.4 Å². The van der Waals surface area contributed by atoms with Crippen molar-refractivity contribution in [2.75, 3.05) is 20.8 Å². The maximum atomic E-state index is 12.6. The van der Waals surface area contributed by atoms with E-state index < -0.39 is 5.97 Å². The first-order valence-electron chi connectivity index (χ1n) is 11.2. The highest BCUT2D eigenvalue weighted by atomic mass is 16.6. The Bertz CT molecular complexity index is 1360. The molecule has 0 bridgehead atoms. The largest absolute Gasteiger partial charge is 0.493 e. The van der Waals surface area contributed by atoms with Crippen molar-refractivity contribution in [3.63, 3.8) is 0 Å². The van der Waals surface area contributed by atoms with Crippen LogP contribution in [0.4, 0.5) is 0 Å². The van der Waals surface area contributed by atoms with Gasteiger partial charge in [-0.3, -0.25) is 9.59 Å². The number of rotatable bonds is 8. The van der Waals surface area contributed by atoms with Crippen molar-refractivity contribution in [3.8, 4) is 23.0 Å². The number of allylic oxidation sites excluding steroid dienone is 1. The van der Waals surface area contributed by atoms with Gasteiger partial charge in [0.15, 0.2) is 34.6 Å². The van der Waals surface area contributed by atoms with Crippen LogP contribution in [0.5, 0.6) is 23.0 Å². The molecule has 0 radical (unpaired) electrons. The number of ketones is 2. The minimum absolute atomic E-state index is 0.0803.